The van der Waals surface area contributed by atoms with E-state index in [1.54, 1.807) is 0 Å². The first-order valence-electron chi connectivity index (χ1n) is 16.7. The first kappa shape index (κ1) is 30.9. The van der Waals surface area contributed by atoms with Gasteiger partial charge < -0.3 is 0 Å². The molecule has 0 heterocycles. The Morgan fingerprint density at radius 2 is 0.561 bits per heavy atom. The second-order valence-corrected chi connectivity index (χ2v) is 12.1. The van der Waals surface area contributed by atoms with Crippen LogP contribution in [0.25, 0.3) is 0 Å². The molecule has 0 atom stereocenters. The number of rotatable bonds is 16. The van der Waals surface area contributed by atoms with Crippen molar-refractivity contribution in [2.75, 3.05) is 0 Å². The number of hydrogen-bond acceptors (Lipinski definition) is 0. The van der Waals surface area contributed by atoms with Crippen molar-refractivity contribution in [3.05, 3.63) is 119 Å². The van der Waals surface area contributed by atoms with Crippen LogP contribution in [0.3, 0.4) is 0 Å². The van der Waals surface area contributed by atoms with E-state index in [9.17, 15) is 0 Å². The van der Waals surface area contributed by atoms with E-state index in [0.717, 1.165) is 25.7 Å². The van der Waals surface area contributed by atoms with E-state index in [1.807, 2.05) is 0 Å². The zero-order valence-corrected chi connectivity index (χ0v) is 26.3. The zero-order chi connectivity index (χ0) is 28.9. The van der Waals surface area contributed by atoms with Crippen molar-refractivity contribution < 1.29 is 0 Å². The maximum Gasteiger partial charge on any atom is 0.109 e. The Kier molecular flexibility index (Phi) is 11.9. The summed E-state index contributed by atoms with van der Waals surface area (Å²) in [6, 6.07) is 38.0. The molecule has 0 aliphatic rings. The van der Waals surface area contributed by atoms with Crippen molar-refractivity contribution >= 4 is 28.0 Å². The molecule has 0 amide bonds. The van der Waals surface area contributed by atoms with Crippen LogP contribution < -0.4 is 21.9 Å². The van der Waals surface area contributed by atoms with Crippen LogP contribution in [0.5, 0.6) is 0 Å². The normalized spacial score (nSPS) is 11.6. The fraction of sp³-hybridized carbons (Fsp3) is 0.400. The van der Waals surface area contributed by atoms with Crippen molar-refractivity contribution in [3.63, 3.8) is 0 Å². The summed E-state index contributed by atoms with van der Waals surface area (Å²) in [7, 11) is 0. The Labute approximate surface area is 251 Å². The predicted molar refractivity (Wildman–Crippen MR) is 185 cm³/mol. The lowest BCUT2D eigenvalue weighted by molar-refractivity contribution is 0.794. The molecule has 4 aromatic carbocycles. The van der Waals surface area contributed by atoms with Gasteiger partial charge >= 0.3 is 0 Å². The third kappa shape index (κ3) is 6.89. The lowest BCUT2D eigenvalue weighted by Gasteiger charge is -2.49. The van der Waals surface area contributed by atoms with E-state index in [0.29, 0.717) is 0 Å². The molecule has 4 rings (SSSR count). The molecule has 0 aliphatic heterocycles. The summed E-state index contributed by atoms with van der Waals surface area (Å²) >= 11 is 0. The topological polar surface area (TPSA) is 0 Å². The Bertz CT molecular complexity index is 1140. The smallest absolute Gasteiger partial charge is 0.109 e. The van der Waals surface area contributed by atoms with Crippen LogP contribution in [0.2, 0.25) is 0 Å². The molecule has 4 aromatic rings. The van der Waals surface area contributed by atoms with Gasteiger partial charge in [0.2, 0.25) is 0 Å². The number of benzene rings is 4. The molecule has 0 bridgehead atoms. The maximum absolute atomic E-state index is 2.49. The molecule has 0 saturated carbocycles. The third-order valence-electron chi connectivity index (χ3n) is 9.29. The second-order valence-electron chi connectivity index (χ2n) is 12.1. The summed E-state index contributed by atoms with van der Waals surface area (Å²) in [5, 5.41) is 0. The van der Waals surface area contributed by atoms with Gasteiger partial charge in [-0.1, -0.05) is 173 Å². The highest BCUT2D eigenvalue weighted by Gasteiger charge is 2.36. The quantitative estimate of drug-likeness (QED) is 0.124. The molecule has 1 heteroatoms. The minimum absolute atomic E-state index is 1.13. The first-order valence-corrected chi connectivity index (χ1v) is 16.7. The fourth-order valence-corrected chi connectivity index (χ4v) is 7.21. The van der Waals surface area contributed by atoms with Crippen LogP contribution in [-0.2, 0) is 25.7 Å². The largest absolute Gasteiger partial charge is 0.192 e. The van der Waals surface area contributed by atoms with Crippen LogP contribution in [0, 0.1) is 0 Å². The predicted octanol–water partition coefficient (Wildman–Crippen LogP) is 8.43. The molecule has 0 saturated heterocycles. The molecule has 0 N–H and O–H groups in total. The molecule has 0 fully saturated rings. The molecular formula is C40H52B-. The van der Waals surface area contributed by atoms with Crippen molar-refractivity contribution in [1.82, 2.24) is 0 Å². The molecule has 41 heavy (non-hydrogen) atoms. The van der Waals surface area contributed by atoms with E-state index >= 15 is 0 Å². The van der Waals surface area contributed by atoms with E-state index in [1.165, 1.54) is 95.5 Å². The molecule has 0 aromatic heterocycles. The van der Waals surface area contributed by atoms with E-state index in [4.69, 9.17) is 0 Å². The second kappa shape index (κ2) is 15.8. The Morgan fingerprint density at radius 1 is 0.341 bits per heavy atom. The molecule has 0 nitrogen and oxygen atoms in total. The monoisotopic (exact) mass is 543 g/mol. The van der Waals surface area contributed by atoms with Gasteiger partial charge in [0.05, 0.1) is 0 Å². The van der Waals surface area contributed by atoms with Gasteiger partial charge in [0.15, 0.2) is 0 Å². The van der Waals surface area contributed by atoms with Crippen LogP contribution >= 0.6 is 0 Å². The highest BCUT2D eigenvalue weighted by molar-refractivity contribution is 7.20. The van der Waals surface area contributed by atoms with Crippen molar-refractivity contribution in [3.8, 4) is 0 Å². The van der Waals surface area contributed by atoms with Crippen molar-refractivity contribution in [2.45, 2.75) is 105 Å². The zero-order valence-electron chi connectivity index (χ0n) is 26.3. The summed E-state index contributed by atoms with van der Waals surface area (Å²) in [4.78, 5) is 0. The molecular weight excluding hydrogens is 491 g/mol. The number of hydrogen-bond donors (Lipinski definition) is 0. The van der Waals surface area contributed by atoms with Crippen LogP contribution in [0.15, 0.2) is 97.1 Å². The van der Waals surface area contributed by atoms with Gasteiger partial charge in [-0.15, -0.1) is 0 Å². The highest BCUT2D eigenvalue weighted by atomic mass is 14.2. The minimum atomic E-state index is -1.41. The molecule has 216 valence electrons. The summed E-state index contributed by atoms with van der Waals surface area (Å²) < 4.78 is 0. The first-order chi connectivity index (χ1) is 20.2. The van der Waals surface area contributed by atoms with Gasteiger partial charge in [-0.3, -0.25) is 0 Å². The van der Waals surface area contributed by atoms with Gasteiger partial charge in [0.25, 0.3) is 0 Å². The van der Waals surface area contributed by atoms with Gasteiger partial charge in [-0.2, -0.15) is 21.9 Å². The summed E-state index contributed by atoms with van der Waals surface area (Å²) in [5.74, 6) is 0. The van der Waals surface area contributed by atoms with Gasteiger partial charge in [-0.05, 0) is 51.4 Å². The summed E-state index contributed by atoms with van der Waals surface area (Å²) in [6.07, 6.45) is 12.8. The third-order valence-corrected chi connectivity index (χ3v) is 9.29. The average Bonchev–Trinajstić information content (AvgIpc) is 3.03. The van der Waals surface area contributed by atoms with Gasteiger partial charge in [0.1, 0.15) is 6.15 Å². The summed E-state index contributed by atoms with van der Waals surface area (Å²) in [6.45, 7) is 9.28. The standard InChI is InChI=1S/C40H52B/c1-5-9-21-33-25-13-17-29-37(33)41(38-30-18-14-26-34(38)22-10-6-2,39-31-19-15-27-35(39)23-11-7-3)40-32-20-16-28-36(40)24-12-8-4/h13-20,25-32H,5-12,21-24H2,1-4H3/q-1. The number of unbranched alkanes of at least 4 members (excludes halogenated alkanes) is 4. The lowest BCUT2D eigenvalue weighted by Crippen LogP contribution is -2.77. The Hall–Kier alpha value is -3.06. The van der Waals surface area contributed by atoms with Crippen LogP contribution in [-0.4, -0.2) is 6.15 Å². The van der Waals surface area contributed by atoms with E-state index in [-0.39, 0.29) is 0 Å². The van der Waals surface area contributed by atoms with Crippen molar-refractivity contribution in [2.24, 2.45) is 0 Å². The Morgan fingerprint density at radius 3 is 0.780 bits per heavy atom. The molecule has 0 radical (unpaired) electrons. The average molecular weight is 544 g/mol. The van der Waals surface area contributed by atoms with Crippen LogP contribution in [0.1, 0.15) is 101 Å². The van der Waals surface area contributed by atoms with E-state index in [2.05, 4.69) is 125 Å². The minimum Gasteiger partial charge on any atom is -0.192 e. The van der Waals surface area contributed by atoms with Crippen molar-refractivity contribution in [1.29, 1.82) is 0 Å². The Balaban J connectivity index is 2.21. The lowest BCUT2D eigenvalue weighted by atomic mass is 9.11. The SMILES string of the molecule is CCCCc1ccccc1[B-](c1ccccc1CCCC)(c1ccccc1CCCC)c1ccccc1CCCC. The molecule has 0 unspecified atom stereocenters. The van der Waals surface area contributed by atoms with Gasteiger partial charge in [-0.25, -0.2) is 0 Å². The van der Waals surface area contributed by atoms with Crippen LogP contribution in [0.4, 0.5) is 0 Å². The summed E-state index contributed by atoms with van der Waals surface area (Å²) in [5.41, 5.74) is 12.3. The number of aryl methyl sites for hydroxylation is 4. The molecule has 0 spiro atoms. The maximum atomic E-state index is 2.49. The van der Waals surface area contributed by atoms with Gasteiger partial charge in [0, 0.05) is 0 Å². The van der Waals surface area contributed by atoms with E-state index < -0.39 is 6.15 Å². The molecule has 0 aliphatic carbocycles. The fourth-order valence-electron chi connectivity index (χ4n) is 7.21. The highest BCUT2D eigenvalue weighted by Crippen LogP contribution is 2.21.